The van der Waals surface area contributed by atoms with Gasteiger partial charge in [-0.05, 0) is 54.4 Å². The van der Waals surface area contributed by atoms with E-state index in [-0.39, 0.29) is 21.1 Å². The third-order valence-electron chi connectivity index (χ3n) is 3.34. The van der Waals surface area contributed by atoms with Gasteiger partial charge in [0.15, 0.2) is 0 Å². The summed E-state index contributed by atoms with van der Waals surface area (Å²) in [6, 6.07) is 0. The van der Waals surface area contributed by atoms with Crippen molar-refractivity contribution in [2.24, 2.45) is 0 Å². The van der Waals surface area contributed by atoms with Crippen LogP contribution in [0.2, 0.25) is 0 Å². The second-order valence-corrected chi connectivity index (χ2v) is 9.97. The first-order valence-electron chi connectivity index (χ1n) is 5.09. The molecule has 0 aromatic carbocycles. The summed E-state index contributed by atoms with van der Waals surface area (Å²) in [6.45, 7) is 1.09. The van der Waals surface area contributed by atoms with Gasteiger partial charge in [0, 0.05) is 13.1 Å². The molecular formula is C9H18F3IN2S. The molecule has 1 fully saturated rings. The van der Waals surface area contributed by atoms with E-state index >= 15 is 0 Å². The molecule has 1 heterocycles. The third-order valence-corrected chi connectivity index (χ3v) is 6.35. The molecule has 0 aromatic heterocycles. The highest BCUT2D eigenvalue weighted by molar-refractivity contribution is 14.2. The van der Waals surface area contributed by atoms with Crippen molar-refractivity contribution in [1.29, 1.82) is 0 Å². The van der Waals surface area contributed by atoms with E-state index in [0.717, 1.165) is 0 Å². The molecule has 0 spiro atoms. The van der Waals surface area contributed by atoms with E-state index in [4.69, 9.17) is 0 Å². The predicted octanol–water partition coefficient (Wildman–Crippen LogP) is 2.84. The summed E-state index contributed by atoms with van der Waals surface area (Å²) in [5.41, 5.74) is -1.62. The monoisotopic (exact) mass is 370 g/mol. The molecule has 0 radical (unpaired) electrons. The minimum absolute atomic E-state index is 0.180. The first-order chi connectivity index (χ1) is 7.21. The van der Waals surface area contributed by atoms with Crippen LogP contribution in [0.15, 0.2) is 0 Å². The number of hydrogen-bond donors (Lipinski definition) is 1. The Balaban J connectivity index is 2.79. The van der Waals surface area contributed by atoms with Crippen LogP contribution < -0.4 is 0 Å². The van der Waals surface area contributed by atoms with Gasteiger partial charge in [0.05, 0.1) is 0 Å². The van der Waals surface area contributed by atoms with Crippen molar-refractivity contribution in [1.82, 2.24) is 9.21 Å². The van der Waals surface area contributed by atoms with E-state index in [1.54, 1.807) is 0 Å². The molecule has 1 saturated heterocycles. The Hall–Kier alpha value is 0.790. The maximum absolute atomic E-state index is 13.1. The summed E-state index contributed by atoms with van der Waals surface area (Å²) < 4.78 is 41.5. The first-order valence-corrected chi connectivity index (χ1v) is 9.62. The van der Waals surface area contributed by atoms with Gasteiger partial charge in [-0.3, -0.25) is 9.21 Å². The van der Waals surface area contributed by atoms with Crippen LogP contribution in [0, 0.1) is 0 Å². The molecule has 2 nitrogen and oxygen atoms in total. The predicted molar refractivity (Wildman–Crippen MR) is 72.2 cm³/mol. The average Bonchev–Trinajstić information content (AvgIpc) is 2.15. The van der Waals surface area contributed by atoms with Crippen molar-refractivity contribution in [3.63, 3.8) is 0 Å². The normalized spacial score (nSPS) is 25.9. The molecule has 0 saturated carbocycles. The summed E-state index contributed by atoms with van der Waals surface area (Å²) in [5.74, 6) is 0. The van der Waals surface area contributed by atoms with Crippen molar-refractivity contribution in [3.05, 3.63) is 0 Å². The van der Waals surface area contributed by atoms with Crippen molar-refractivity contribution < 1.29 is 13.2 Å². The van der Waals surface area contributed by atoms with Crippen molar-refractivity contribution in [2.45, 2.75) is 24.6 Å². The number of nitrogens with zero attached hydrogens (tertiary/aromatic N) is 2. The van der Waals surface area contributed by atoms with Crippen LogP contribution in [0.4, 0.5) is 13.2 Å². The molecule has 1 aliphatic rings. The molecule has 1 unspecified atom stereocenters. The summed E-state index contributed by atoms with van der Waals surface area (Å²) in [5, 5.41) is 0. The summed E-state index contributed by atoms with van der Waals surface area (Å²) >= 11 is 2.31. The Labute approximate surface area is 110 Å². The highest BCUT2D eigenvalue weighted by Gasteiger charge is 2.57. The van der Waals surface area contributed by atoms with E-state index in [1.807, 2.05) is 0 Å². The Morgan fingerprint density at radius 1 is 1.25 bits per heavy atom. The SMILES string of the molecule is CN(C)C1(C(F)(F)F)CCN([SH](C)I)CC1. The molecule has 0 bridgehead atoms. The van der Waals surface area contributed by atoms with E-state index < -0.39 is 11.7 Å². The summed E-state index contributed by atoms with van der Waals surface area (Å²) in [4.78, 5) is 1.34. The van der Waals surface area contributed by atoms with Crippen LogP contribution >= 0.6 is 29.5 Å². The standard InChI is InChI=1S/C9H18F3IN2S/c1-14(2)8(9(10,11)12)4-6-15(7-5-8)16(3)13/h16H,4-7H2,1-3H3. The number of rotatable bonds is 2. The van der Waals surface area contributed by atoms with Crippen molar-refractivity contribution in [3.8, 4) is 0 Å². The number of piperidine rings is 1. The molecule has 98 valence electrons. The zero-order chi connectivity index (χ0) is 12.6. The van der Waals surface area contributed by atoms with Gasteiger partial charge in [0.25, 0.3) is 0 Å². The summed E-state index contributed by atoms with van der Waals surface area (Å²) in [7, 11) is 2.76. The molecule has 0 N–H and O–H groups in total. The van der Waals surface area contributed by atoms with Crippen LogP contribution in [0.5, 0.6) is 0 Å². The second-order valence-electron chi connectivity index (χ2n) is 4.32. The number of hydrogen-bond acceptors (Lipinski definition) is 2. The Bertz CT molecular complexity index is 237. The van der Waals surface area contributed by atoms with Crippen LogP contribution in [0.1, 0.15) is 12.8 Å². The molecule has 1 aliphatic heterocycles. The lowest BCUT2D eigenvalue weighted by Gasteiger charge is -2.47. The van der Waals surface area contributed by atoms with Gasteiger partial charge in [-0.25, -0.2) is 0 Å². The van der Waals surface area contributed by atoms with Gasteiger partial charge in [0.1, 0.15) is 5.54 Å². The minimum atomic E-state index is -4.13. The van der Waals surface area contributed by atoms with Gasteiger partial charge in [-0.15, -0.1) is 8.25 Å². The van der Waals surface area contributed by atoms with Gasteiger partial charge in [-0.1, -0.05) is 0 Å². The van der Waals surface area contributed by atoms with Crippen LogP contribution in [0.3, 0.4) is 0 Å². The van der Waals surface area contributed by atoms with E-state index in [2.05, 4.69) is 31.8 Å². The fraction of sp³-hybridized carbons (Fsp3) is 1.00. The molecule has 16 heavy (non-hydrogen) atoms. The Kier molecular flexibility index (Phi) is 4.82. The largest absolute Gasteiger partial charge is 0.406 e. The molecule has 0 amide bonds. The second kappa shape index (κ2) is 5.19. The highest BCUT2D eigenvalue weighted by atomic mass is 127. The quantitative estimate of drug-likeness (QED) is 0.590. The zero-order valence-corrected chi connectivity index (χ0v) is 12.7. The maximum Gasteiger partial charge on any atom is 0.406 e. The lowest BCUT2D eigenvalue weighted by molar-refractivity contribution is -0.235. The molecular weight excluding hydrogens is 352 g/mol. The van der Waals surface area contributed by atoms with Gasteiger partial charge < -0.3 is 0 Å². The fourth-order valence-corrected chi connectivity index (χ4v) is 4.17. The summed E-state index contributed by atoms with van der Waals surface area (Å²) in [6.07, 6.45) is -1.70. The van der Waals surface area contributed by atoms with Crippen molar-refractivity contribution in [2.75, 3.05) is 33.4 Å². The topological polar surface area (TPSA) is 6.48 Å². The van der Waals surface area contributed by atoms with Gasteiger partial charge in [0.2, 0.25) is 0 Å². The molecule has 1 rings (SSSR count). The van der Waals surface area contributed by atoms with Gasteiger partial charge in [-0.2, -0.15) is 13.2 Å². The van der Waals surface area contributed by atoms with E-state index in [1.165, 1.54) is 19.0 Å². The Morgan fingerprint density at radius 2 is 1.69 bits per heavy atom. The first kappa shape index (κ1) is 14.8. The number of alkyl halides is 3. The Morgan fingerprint density at radius 3 is 1.94 bits per heavy atom. The molecule has 0 aliphatic carbocycles. The highest BCUT2D eigenvalue weighted by Crippen LogP contribution is 2.46. The maximum atomic E-state index is 13.1. The fourth-order valence-electron chi connectivity index (χ4n) is 2.12. The lowest BCUT2D eigenvalue weighted by atomic mass is 9.86. The number of thiol groups is 1. The van der Waals surface area contributed by atoms with E-state index in [0.29, 0.717) is 13.1 Å². The molecule has 0 aromatic rings. The lowest BCUT2D eigenvalue weighted by Crippen LogP contribution is -2.60. The van der Waals surface area contributed by atoms with Crippen LogP contribution in [-0.4, -0.2) is 54.4 Å². The third kappa shape index (κ3) is 2.78. The molecule has 1 atom stereocenters. The van der Waals surface area contributed by atoms with Crippen LogP contribution in [0.25, 0.3) is 0 Å². The minimum Gasteiger partial charge on any atom is -0.296 e. The smallest absolute Gasteiger partial charge is 0.296 e. The van der Waals surface area contributed by atoms with Gasteiger partial charge >= 0.3 is 6.18 Å². The van der Waals surface area contributed by atoms with Crippen LogP contribution in [-0.2, 0) is 0 Å². The molecule has 7 heteroatoms. The average molecular weight is 370 g/mol. The number of halogens is 4. The zero-order valence-electron chi connectivity index (χ0n) is 9.68. The van der Waals surface area contributed by atoms with E-state index in [9.17, 15) is 13.2 Å². The van der Waals surface area contributed by atoms with Crippen molar-refractivity contribution >= 4 is 29.5 Å².